The van der Waals surface area contributed by atoms with Crippen molar-refractivity contribution >= 4 is 17.4 Å². The van der Waals surface area contributed by atoms with Gasteiger partial charge in [0.15, 0.2) is 0 Å². The number of amides is 1. The molecule has 0 heterocycles. The van der Waals surface area contributed by atoms with Crippen molar-refractivity contribution in [3.63, 3.8) is 0 Å². The number of ketones is 1. The van der Waals surface area contributed by atoms with Crippen LogP contribution in [0.2, 0.25) is 0 Å². The first-order chi connectivity index (χ1) is 7.95. The quantitative estimate of drug-likeness (QED) is 0.759. The summed E-state index contributed by atoms with van der Waals surface area (Å²) in [7, 11) is 0. The van der Waals surface area contributed by atoms with Crippen LogP contribution >= 0.6 is 0 Å². The fourth-order valence-corrected chi connectivity index (χ4v) is 1.23. The Hall–Kier alpha value is -1.68. The van der Waals surface area contributed by atoms with Gasteiger partial charge >= 0.3 is 0 Å². The van der Waals surface area contributed by atoms with Gasteiger partial charge in [-0.3, -0.25) is 9.59 Å². The summed E-state index contributed by atoms with van der Waals surface area (Å²) in [5, 5.41) is 2.67. The number of benzene rings is 1. The predicted octanol–water partition coefficient (Wildman–Crippen LogP) is 1.57. The maximum absolute atomic E-state index is 11.8. The maximum Gasteiger partial charge on any atom is 0.231 e. The third-order valence-electron chi connectivity index (χ3n) is 2.64. The van der Waals surface area contributed by atoms with E-state index in [1.807, 2.05) is 18.2 Å². The van der Waals surface area contributed by atoms with Crippen LogP contribution < -0.4 is 11.1 Å². The molecule has 0 radical (unpaired) electrons. The number of Topliss-reactive ketones (excluding diaryl/α,β-unsaturated/α-hetero) is 1. The average molecular weight is 234 g/mol. The van der Waals surface area contributed by atoms with E-state index < -0.39 is 5.41 Å². The molecule has 4 nitrogen and oxygen atoms in total. The number of anilines is 1. The molecule has 0 bridgehead atoms. The second kappa shape index (κ2) is 5.59. The molecule has 4 heteroatoms. The highest BCUT2D eigenvalue weighted by molar-refractivity contribution is 6.06. The van der Waals surface area contributed by atoms with Crippen LogP contribution in [0.5, 0.6) is 0 Å². The molecule has 3 N–H and O–H groups in total. The van der Waals surface area contributed by atoms with Gasteiger partial charge in [-0.25, -0.2) is 0 Å². The van der Waals surface area contributed by atoms with E-state index in [0.717, 1.165) is 0 Å². The van der Waals surface area contributed by atoms with Gasteiger partial charge < -0.3 is 11.1 Å². The molecule has 1 aromatic rings. The first-order valence-electron chi connectivity index (χ1n) is 5.54. The first kappa shape index (κ1) is 13.4. The topological polar surface area (TPSA) is 72.2 Å². The third-order valence-corrected chi connectivity index (χ3v) is 2.64. The Bertz CT molecular complexity index is 399. The fourth-order valence-electron chi connectivity index (χ4n) is 1.23. The van der Waals surface area contributed by atoms with E-state index in [0.29, 0.717) is 5.69 Å². The van der Waals surface area contributed by atoms with Crippen molar-refractivity contribution < 1.29 is 9.59 Å². The van der Waals surface area contributed by atoms with Crippen molar-refractivity contribution in [1.82, 2.24) is 0 Å². The van der Waals surface area contributed by atoms with E-state index in [9.17, 15) is 9.59 Å². The van der Waals surface area contributed by atoms with Crippen LogP contribution in [0, 0.1) is 5.41 Å². The number of para-hydroxylation sites is 1. The van der Waals surface area contributed by atoms with Crippen molar-refractivity contribution in [2.45, 2.75) is 20.3 Å². The van der Waals surface area contributed by atoms with Gasteiger partial charge in [0.05, 0.1) is 6.42 Å². The second-order valence-corrected chi connectivity index (χ2v) is 4.60. The van der Waals surface area contributed by atoms with Crippen LogP contribution in [-0.2, 0) is 9.59 Å². The molecule has 1 aromatic carbocycles. The van der Waals surface area contributed by atoms with Gasteiger partial charge in [-0.1, -0.05) is 32.0 Å². The second-order valence-electron chi connectivity index (χ2n) is 4.60. The van der Waals surface area contributed by atoms with E-state index in [4.69, 9.17) is 5.73 Å². The first-order valence-corrected chi connectivity index (χ1v) is 5.54. The zero-order valence-corrected chi connectivity index (χ0v) is 10.2. The molecule has 0 aromatic heterocycles. The van der Waals surface area contributed by atoms with Gasteiger partial charge in [0.1, 0.15) is 5.78 Å². The largest absolute Gasteiger partial charge is 0.329 e. The molecule has 0 atom stereocenters. The van der Waals surface area contributed by atoms with Crippen LogP contribution in [0.4, 0.5) is 5.69 Å². The van der Waals surface area contributed by atoms with Crippen LogP contribution in [0.1, 0.15) is 20.3 Å². The summed E-state index contributed by atoms with van der Waals surface area (Å²) in [6.45, 7) is 3.72. The minimum absolute atomic E-state index is 0.140. The number of carbonyl (C=O) groups excluding carboxylic acids is 2. The molecule has 0 aliphatic heterocycles. The van der Waals surface area contributed by atoms with E-state index >= 15 is 0 Å². The summed E-state index contributed by atoms with van der Waals surface area (Å²) in [6.07, 6.45) is -0.140. The van der Waals surface area contributed by atoms with Crippen molar-refractivity contribution in [3.05, 3.63) is 30.3 Å². The average Bonchev–Trinajstić information content (AvgIpc) is 2.30. The molecule has 0 saturated carbocycles. The van der Waals surface area contributed by atoms with Crippen molar-refractivity contribution in [3.8, 4) is 0 Å². The van der Waals surface area contributed by atoms with Crippen LogP contribution in [0.3, 0.4) is 0 Å². The van der Waals surface area contributed by atoms with Gasteiger partial charge in [-0.2, -0.15) is 0 Å². The highest BCUT2D eigenvalue weighted by atomic mass is 16.2. The van der Waals surface area contributed by atoms with Crippen molar-refractivity contribution in [1.29, 1.82) is 0 Å². The zero-order valence-electron chi connectivity index (χ0n) is 10.2. The van der Waals surface area contributed by atoms with Crippen molar-refractivity contribution in [2.24, 2.45) is 11.1 Å². The van der Waals surface area contributed by atoms with Gasteiger partial charge in [0, 0.05) is 17.6 Å². The molecule has 1 rings (SSSR count). The summed E-state index contributed by atoms with van der Waals surface area (Å²) in [4.78, 5) is 23.4. The zero-order chi connectivity index (χ0) is 12.9. The lowest BCUT2D eigenvalue weighted by atomic mass is 9.86. The normalized spacial score (nSPS) is 11.0. The lowest BCUT2D eigenvalue weighted by molar-refractivity contribution is -0.130. The summed E-state index contributed by atoms with van der Waals surface area (Å²) in [5.74, 6) is -0.448. The van der Waals surface area contributed by atoms with E-state index in [1.165, 1.54) is 0 Å². The Morgan fingerprint density at radius 1 is 1.24 bits per heavy atom. The molecule has 0 spiro atoms. The fraction of sp³-hybridized carbons (Fsp3) is 0.385. The molecule has 0 aliphatic rings. The SMILES string of the molecule is CC(C)(CN)C(=O)CC(=O)Nc1ccccc1. The van der Waals surface area contributed by atoms with Crippen LogP contribution in [0.25, 0.3) is 0 Å². The number of nitrogens with one attached hydrogen (secondary N) is 1. The smallest absolute Gasteiger partial charge is 0.231 e. The standard InChI is InChI=1S/C13H18N2O2/c1-13(2,9-14)11(16)8-12(17)15-10-6-4-3-5-7-10/h3-7H,8-9,14H2,1-2H3,(H,15,17). The van der Waals surface area contributed by atoms with Crippen molar-refractivity contribution in [2.75, 3.05) is 11.9 Å². The molecular formula is C13H18N2O2. The highest BCUT2D eigenvalue weighted by Gasteiger charge is 2.27. The summed E-state index contributed by atoms with van der Waals surface area (Å²) >= 11 is 0. The molecule has 0 aliphatic carbocycles. The molecule has 0 fully saturated rings. The molecule has 17 heavy (non-hydrogen) atoms. The van der Waals surface area contributed by atoms with E-state index in [2.05, 4.69) is 5.32 Å². The minimum atomic E-state index is -0.645. The lowest BCUT2D eigenvalue weighted by Crippen LogP contribution is -2.35. The highest BCUT2D eigenvalue weighted by Crippen LogP contribution is 2.17. The van der Waals surface area contributed by atoms with E-state index in [1.54, 1.807) is 26.0 Å². The molecule has 92 valence electrons. The lowest BCUT2D eigenvalue weighted by Gasteiger charge is -2.20. The predicted molar refractivity (Wildman–Crippen MR) is 67.5 cm³/mol. The number of rotatable bonds is 5. The number of nitrogens with two attached hydrogens (primary N) is 1. The molecular weight excluding hydrogens is 216 g/mol. The Morgan fingerprint density at radius 2 is 1.82 bits per heavy atom. The monoisotopic (exact) mass is 234 g/mol. The Balaban J connectivity index is 2.54. The molecule has 0 unspecified atom stereocenters. The Labute approximate surface area is 101 Å². The Kier molecular flexibility index (Phi) is 4.40. The minimum Gasteiger partial charge on any atom is -0.329 e. The Morgan fingerprint density at radius 3 is 2.35 bits per heavy atom. The van der Waals surface area contributed by atoms with Gasteiger partial charge in [0.25, 0.3) is 0 Å². The molecule has 1 amide bonds. The third kappa shape index (κ3) is 4.00. The van der Waals surface area contributed by atoms with Gasteiger partial charge in [-0.05, 0) is 12.1 Å². The summed E-state index contributed by atoms with van der Waals surface area (Å²) in [6, 6.07) is 9.05. The number of hydrogen-bond donors (Lipinski definition) is 2. The maximum atomic E-state index is 11.8. The summed E-state index contributed by atoms with van der Waals surface area (Å²) in [5.41, 5.74) is 5.53. The molecule has 0 saturated heterocycles. The van der Waals surface area contributed by atoms with E-state index in [-0.39, 0.29) is 24.7 Å². The van der Waals surface area contributed by atoms with Crippen LogP contribution in [0.15, 0.2) is 30.3 Å². The number of carbonyl (C=O) groups is 2. The van der Waals surface area contributed by atoms with Gasteiger partial charge in [0.2, 0.25) is 5.91 Å². The van der Waals surface area contributed by atoms with Crippen LogP contribution in [-0.4, -0.2) is 18.2 Å². The number of hydrogen-bond acceptors (Lipinski definition) is 3. The summed E-state index contributed by atoms with van der Waals surface area (Å²) < 4.78 is 0. The van der Waals surface area contributed by atoms with Gasteiger partial charge in [-0.15, -0.1) is 0 Å².